The van der Waals surface area contributed by atoms with E-state index < -0.39 is 11.2 Å². The van der Waals surface area contributed by atoms with Crippen molar-refractivity contribution in [1.82, 2.24) is 10.2 Å². The number of halogens is 2. The van der Waals surface area contributed by atoms with Gasteiger partial charge in [-0.15, -0.1) is 0 Å². The number of nitrogens with zero attached hydrogens (tertiary/aromatic N) is 2. The maximum Gasteiger partial charge on any atom is 0.230 e. The molecule has 1 aromatic carbocycles. The van der Waals surface area contributed by atoms with Crippen LogP contribution in [0.3, 0.4) is 0 Å². The first-order valence-electron chi connectivity index (χ1n) is 9.61. The predicted molar refractivity (Wildman–Crippen MR) is 115 cm³/mol. The molecule has 29 heavy (non-hydrogen) atoms. The van der Waals surface area contributed by atoms with Crippen LogP contribution in [0.4, 0.5) is 4.39 Å². The van der Waals surface area contributed by atoms with Crippen molar-refractivity contribution in [3.05, 3.63) is 75.7 Å². The van der Waals surface area contributed by atoms with Gasteiger partial charge in [-0.05, 0) is 59.8 Å². The van der Waals surface area contributed by atoms with E-state index in [9.17, 15) is 9.18 Å². The van der Waals surface area contributed by atoms with Gasteiger partial charge in [0.2, 0.25) is 5.91 Å². The molecule has 6 heteroatoms. The maximum absolute atomic E-state index is 13.6. The third kappa shape index (κ3) is 3.92. The number of rotatable bonds is 3. The van der Waals surface area contributed by atoms with Gasteiger partial charge in [0.15, 0.2) is 0 Å². The van der Waals surface area contributed by atoms with Crippen molar-refractivity contribution in [2.24, 2.45) is 10.4 Å². The Morgan fingerprint density at radius 1 is 1.34 bits per heavy atom. The fourth-order valence-electron chi connectivity index (χ4n) is 4.07. The Bertz CT molecular complexity index is 1020. The first-order valence-corrected chi connectivity index (χ1v) is 9.99. The van der Waals surface area contributed by atoms with Crippen LogP contribution < -0.4 is 5.32 Å². The molecule has 4 nitrogen and oxygen atoms in total. The van der Waals surface area contributed by atoms with Crippen molar-refractivity contribution in [2.75, 3.05) is 20.1 Å². The topological polar surface area (TPSA) is 44.7 Å². The van der Waals surface area contributed by atoms with Crippen molar-refractivity contribution in [1.29, 1.82) is 0 Å². The molecule has 2 heterocycles. The van der Waals surface area contributed by atoms with E-state index in [1.807, 2.05) is 37.2 Å². The largest absolute Gasteiger partial charge is 0.362 e. The number of carbonyl (C=O) groups excluding carboxylic acids is 1. The molecular weight excluding hydrogens is 389 g/mol. The molecule has 1 fully saturated rings. The summed E-state index contributed by atoms with van der Waals surface area (Å²) in [5.41, 5.74) is 4.36. The van der Waals surface area contributed by atoms with Crippen LogP contribution in [0.1, 0.15) is 25.3 Å². The molecule has 0 spiro atoms. The lowest BCUT2D eigenvalue weighted by atomic mass is 9.74. The first-order chi connectivity index (χ1) is 13.8. The highest BCUT2D eigenvalue weighted by Crippen LogP contribution is 2.42. The zero-order valence-electron chi connectivity index (χ0n) is 16.5. The molecule has 1 aliphatic carbocycles. The lowest BCUT2D eigenvalue weighted by Crippen LogP contribution is -2.40. The molecule has 1 saturated heterocycles. The number of hydrogen-bond donors (Lipinski definition) is 1. The normalized spacial score (nSPS) is 24.0. The van der Waals surface area contributed by atoms with Crippen LogP contribution in [0.15, 0.2) is 64.3 Å². The van der Waals surface area contributed by atoms with E-state index in [4.69, 9.17) is 11.6 Å². The van der Waals surface area contributed by atoms with Crippen LogP contribution in [0.5, 0.6) is 0 Å². The number of carbonyl (C=O) groups is 1. The summed E-state index contributed by atoms with van der Waals surface area (Å²) in [5.74, 6) is -0.423. The van der Waals surface area contributed by atoms with Gasteiger partial charge in [-0.3, -0.25) is 4.79 Å². The van der Waals surface area contributed by atoms with E-state index in [1.165, 1.54) is 6.07 Å². The lowest BCUT2D eigenvalue weighted by molar-refractivity contribution is -0.127. The Morgan fingerprint density at radius 2 is 2.17 bits per heavy atom. The fourth-order valence-corrected chi connectivity index (χ4v) is 4.25. The summed E-state index contributed by atoms with van der Waals surface area (Å²) in [5, 5.41) is 3.17. The minimum Gasteiger partial charge on any atom is -0.362 e. The van der Waals surface area contributed by atoms with E-state index >= 15 is 0 Å². The second-order valence-electron chi connectivity index (χ2n) is 8.08. The molecule has 0 radical (unpaired) electrons. The van der Waals surface area contributed by atoms with Crippen LogP contribution in [0.2, 0.25) is 5.02 Å². The van der Waals surface area contributed by atoms with E-state index in [0.717, 1.165) is 40.8 Å². The Labute approximate surface area is 175 Å². The number of amides is 1. The van der Waals surface area contributed by atoms with Crippen LogP contribution in [0.25, 0.3) is 5.57 Å². The number of allylic oxidation sites excluding steroid dienone is 4. The predicted octanol–water partition coefficient (Wildman–Crippen LogP) is 4.50. The average molecular weight is 412 g/mol. The highest BCUT2D eigenvalue weighted by molar-refractivity contribution is 6.30. The average Bonchev–Trinajstić information content (AvgIpc) is 2.96. The SMILES string of the molecule is CN1C=NC=C(CC2(C)C(=O)NCC3=CC=C(c4ccc(F)c(Cl)c4)C=C2C3)C1. The number of nitrogens with one attached hydrogen (secondary N) is 1. The highest BCUT2D eigenvalue weighted by Gasteiger charge is 2.40. The number of aliphatic imine (C=N–C) groups is 1. The molecule has 1 unspecified atom stereocenters. The molecule has 3 aliphatic rings. The van der Waals surface area contributed by atoms with E-state index in [2.05, 4.69) is 16.4 Å². The van der Waals surface area contributed by atoms with Crippen LogP contribution >= 0.6 is 11.6 Å². The molecule has 0 aromatic heterocycles. The van der Waals surface area contributed by atoms with Gasteiger partial charge in [0.05, 0.1) is 16.8 Å². The molecule has 1 amide bonds. The minimum absolute atomic E-state index is 0.0173. The number of fused-ring (bicyclic) bond motifs is 2. The highest BCUT2D eigenvalue weighted by atomic mass is 35.5. The summed E-state index contributed by atoms with van der Waals surface area (Å²) in [4.78, 5) is 19.4. The maximum atomic E-state index is 13.6. The zero-order valence-corrected chi connectivity index (χ0v) is 17.3. The molecule has 1 aromatic rings. The molecule has 2 aliphatic heterocycles. The van der Waals surface area contributed by atoms with Crippen LogP contribution in [0, 0.1) is 11.2 Å². The van der Waals surface area contributed by atoms with Crippen LogP contribution in [-0.2, 0) is 4.79 Å². The van der Waals surface area contributed by atoms with Gasteiger partial charge in [-0.25, -0.2) is 9.38 Å². The van der Waals surface area contributed by atoms with Gasteiger partial charge < -0.3 is 10.2 Å². The quantitative estimate of drug-likeness (QED) is 0.795. The van der Waals surface area contributed by atoms with Gasteiger partial charge >= 0.3 is 0 Å². The van der Waals surface area contributed by atoms with Crippen molar-refractivity contribution >= 4 is 29.4 Å². The molecule has 1 atom stereocenters. The van der Waals surface area contributed by atoms with Crippen molar-refractivity contribution in [3.63, 3.8) is 0 Å². The van der Waals surface area contributed by atoms with E-state index in [1.54, 1.807) is 18.5 Å². The third-order valence-electron chi connectivity index (χ3n) is 5.74. The van der Waals surface area contributed by atoms with Crippen molar-refractivity contribution in [2.45, 2.75) is 19.8 Å². The van der Waals surface area contributed by atoms with Gasteiger partial charge in [-0.1, -0.05) is 35.9 Å². The molecule has 4 rings (SSSR count). The molecule has 150 valence electrons. The zero-order chi connectivity index (χ0) is 20.6. The third-order valence-corrected chi connectivity index (χ3v) is 6.03. The van der Waals surface area contributed by atoms with Gasteiger partial charge in [-0.2, -0.15) is 0 Å². The number of hydrogen-bond acceptors (Lipinski definition) is 3. The Hall–Kier alpha value is -2.66. The van der Waals surface area contributed by atoms with Gasteiger partial charge in [0, 0.05) is 26.3 Å². The Balaban J connectivity index is 1.76. The summed E-state index contributed by atoms with van der Waals surface area (Å²) in [7, 11) is 1.97. The second-order valence-corrected chi connectivity index (χ2v) is 8.49. The Morgan fingerprint density at radius 3 is 2.93 bits per heavy atom. The van der Waals surface area contributed by atoms with E-state index in [0.29, 0.717) is 13.0 Å². The smallest absolute Gasteiger partial charge is 0.230 e. The Kier molecular flexibility index (Phi) is 5.17. The fraction of sp³-hybridized carbons (Fsp3) is 0.304. The van der Waals surface area contributed by atoms with Crippen LogP contribution in [-0.4, -0.2) is 37.3 Å². The summed E-state index contributed by atoms with van der Waals surface area (Å²) in [6.07, 6.45) is 11.1. The van der Waals surface area contributed by atoms with Crippen molar-refractivity contribution in [3.8, 4) is 0 Å². The molecular formula is C23H23ClFN3O. The molecule has 2 bridgehead atoms. The first kappa shape index (κ1) is 19.6. The standard InChI is InChI=1S/C23H23ClFN3O/c1-23(10-16-11-26-14-28(2)13-16)19-7-15(12-27-22(23)29)3-4-17(8-19)18-5-6-21(25)20(24)9-18/h3-6,8-9,11,14H,7,10,12-13H2,1-2H3,(H,27,29). The summed E-state index contributed by atoms with van der Waals surface area (Å²) < 4.78 is 13.6. The van der Waals surface area contributed by atoms with E-state index in [-0.39, 0.29) is 10.9 Å². The monoisotopic (exact) mass is 411 g/mol. The summed E-state index contributed by atoms with van der Waals surface area (Å²) in [6.45, 7) is 3.27. The number of benzene rings is 1. The minimum atomic E-state index is -0.692. The van der Waals surface area contributed by atoms with Gasteiger partial charge in [0.1, 0.15) is 5.82 Å². The number of likely N-dealkylation sites (N-methyl/N-ethyl adjacent to an activating group) is 1. The molecule has 0 saturated carbocycles. The van der Waals surface area contributed by atoms with Gasteiger partial charge in [0.25, 0.3) is 0 Å². The lowest BCUT2D eigenvalue weighted by Gasteiger charge is -2.32. The summed E-state index contributed by atoms with van der Waals surface area (Å²) >= 11 is 6.01. The summed E-state index contributed by atoms with van der Waals surface area (Å²) in [6, 6.07) is 4.72. The molecule has 1 N–H and O–H groups in total. The second kappa shape index (κ2) is 7.64. The van der Waals surface area contributed by atoms with Crippen molar-refractivity contribution < 1.29 is 9.18 Å².